The average molecular weight is 380 g/mol. The number of benzene rings is 2. The lowest BCUT2D eigenvalue weighted by molar-refractivity contribution is -0.113. The monoisotopic (exact) mass is 379 g/mol. The fourth-order valence-corrected chi connectivity index (χ4v) is 3.72. The number of amides is 1. The molecule has 0 saturated heterocycles. The highest BCUT2D eigenvalue weighted by molar-refractivity contribution is 8.19. The lowest BCUT2D eigenvalue weighted by atomic mass is 10.2. The Kier molecular flexibility index (Phi) is 4.53. The molecule has 26 heavy (non-hydrogen) atoms. The molecule has 0 radical (unpaired) electrons. The van der Waals surface area contributed by atoms with E-state index in [1.807, 2.05) is 67.6 Å². The molecular formula is C21H14ClNO2S. The van der Waals surface area contributed by atoms with Crippen molar-refractivity contribution in [3.8, 4) is 11.3 Å². The highest BCUT2D eigenvalue weighted by atomic mass is 35.5. The van der Waals surface area contributed by atoms with E-state index in [0.29, 0.717) is 26.5 Å². The van der Waals surface area contributed by atoms with Gasteiger partial charge in [0.15, 0.2) is 0 Å². The molecule has 0 bridgehead atoms. The Hall–Kier alpha value is -2.56. The quantitative estimate of drug-likeness (QED) is 0.526. The van der Waals surface area contributed by atoms with Gasteiger partial charge in [0.25, 0.3) is 5.91 Å². The SMILES string of the molecule is Cc1ccc(C2=NC(=O)/C(=C/c3ccc(-c4ccccc4Cl)o3)S2)cc1. The van der Waals surface area contributed by atoms with E-state index in [1.54, 1.807) is 6.08 Å². The van der Waals surface area contributed by atoms with Gasteiger partial charge in [0.1, 0.15) is 16.6 Å². The van der Waals surface area contributed by atoms with Gasteiger partial charge in [0, 0.05) is 17.2 Å². The zero-order valence-corrected chi connectivity index (χ0v) is 15.5. The number of rotatable bonds is 3. The maximum atomic E-state index is 12.2. The first-order valence-electron chi connectivity index (χ1n) is 8.04. The molecule has 2 heterocycles. The Morgan fingerprint density at radius 1 is 1.04 bits per heavy atom. The predicted octanol–water partition coefficient (Wildman–Crippen LogP) is 5.97. The number of nitrogens with zero attached hydrogens (tertiary/aromatic N) is 1. The molecule has 3 aromatic rings. The molecule has 1 amide bonds. The summed E-state index contributed by atoms with van der Waals surface area (Å²) in [6.45, 7) is 2.03. The van der Waals surface area contributed by atoms with Crippen molar-refractivity contribution >= 4 is 40.4 Å². The topological polar surface area (TPSA) is 42.6 Å². The van der Waals surface area contributed by atoms with Crippen molar-refractivity contribution in [2.75, 3.05) is 0 Å². The van der Waals surface area contributed by atoms with Gasteiger partial charge in [0.2, 0.25) is 0 Å². The molecule has 0 fully saturated rings. The summed E-state index contributed by atoms with van der Waals surface area (Å²) < 4.78 is 5.84. The number of carbonyl (C=O) groups excluding carboxylic acids is 1. The Labute approximate surface area is 160 Å². The normalized spacial score (nSPS) is 15.5. The van der Waals surface area contributed by atoms with Crippen molar-refractivity contribution in [2.24, 2.45) is 4.99 Å². The Morgan fingerprint density at radius 3 is 2.58 bits per heavy atom. The molecule has 0 N–H and O–H groups in total. The molecule has 4 rings (SSSR count). The van der Waals surface area contributed by atoms with Gasteiger partial charge in [-0.25, -0.2) is 4.99 Å². The van der Waals surface area contributed by atoms with Crippen LogP contribution >= 0.6 is 23.4 Å². The summed E-state index contributed by atoms with van der Waals surface area (Å²) in [5, 5.41) is 1.33. The molecule has 3 nitrogen and oxygen atoms in total. The minimum atomic E-state index is -0.249. The maximum Gasteiger partial charge on any atom is 0.285 e. The summed E-state index contributed by atoms with van der Waals surface area (Å²) >= 11 is 7.56. The van der Waals surface area contributed by atoms with Crippen LogP contribution in [-0.4, -0.2) is 11.0 Å². The molecule has 0 atom stereocenters. The second-order valence-electron chi connectivity index (χ2n) is 5.88. The number of halogens is 1. The van der Waals surface area contributed by atoms with E-state index >= 15 is 0 Å². The lowest BCUT2D eigenvalue weighted by Crippen LogP contribution is -1.90. The largest absolute Gasteiger partial charge is 0.457 e. The summed E-state index contributed by atoms with van der Waals surface area (Å²) in [6, 6.07) is 19.1. The van der Waals surface area contributed by atoms with Crippen molar-refractivity contribution in [2.45, 2.75) is 6.92 Å². The van der Waals surface area contributed by atoms with E-state index in [1.165, 1.54) is 17.3 Å². The summed E-state index contributed by atoms with van der Waals surface area (Å²) in [7, 11) is 0. The van der Waals surface area contributed by atoms with Gasteiger partial charge in [-0.15, -0.1) is 0 Å². The zero-order chi connectivity index (χ0) is 18.1. The van der Waals surface area contributed by atoms with Crippen molar-refractivity contribution in [3.05, 3.63) is 87.5 Å². The van der Waals surface area contributed by atoms with E-state index in [-0.39, 0.29) is 5.91 Å². The van der Waals surface area contributed by atoms with Gasteiger partial charge in [-0.1, -0.05) is 65.3 Å². The van der Waals surface area contributed by atoms with Crippen molar-refractivity contribution in [1.29, 1.82) is 0 Å². The molecule has 5 heteroatoms. The summed E-state index contributed by atoms with van der Waals surface area (Å²) in [5.41, 5.74) is 2.93. The molecular weight excluding hydrogens is 366 g/mol. The van der Waals surface area contributed by atoms with Crippen molar-refractivity contribution in [1.82, 2.24) is 0 Å². The number of aryl methyl sites for hydroxylation is 1. The molecule has 1 aliphatic heterocycles. The van der Waals surface area contributed by atoms with Crippen LogP contribution < -0.4 is 0 Å². The molecule has 0 unspecified atom stereocenters. The van der Waals surface area contributed by atoms with Gasteiger partial charge in [-0.2, -0.15) is 0 Å². The summed E-state index contributed by atoms with van der Waals surface area (Å²) in [6.07, 6.45) is 1.72. The molecule has 0 spiro atoms. The first-order chi connectivity index (χ1) is 12.6. The van der Waals surface area contributed by atoms with Crippen molar-refractivity contribution in [3.63, 3.8) is 0 Å². The highest BCUT2D eigenvalue weighted by Gasteiger charge is 2.23. The minimum Gasteiger partial charge on any atom is -0.457 e. The second-order valence-corrected chi connectivity index (χ2v) is 7.32. The van der Waals surface area contributed by atoms with Gasteiger partial charge in [0.05, 0.1) is 9.93 Å². The third kappa shape index (κ3) is 3.39. The predicted molar refractivity (Wildman–Crippen MR) is 107 cm³/mol. The van der Waals surface area contributed by atoms with Crippen LogP contribution in [0.1, 0.15) is 16.9 Å². The molecule has 1 aromatic heterocycles. The van der Waals surface area contributed by atoms with Gasteiger partial charge >= 0.3 is 0 Å². The Morgan fingerprint density at radius 2 is 1.81 bits per heavy atom. The van der Waals surface area contributed by atoms with Crippen LogP contribution in [0, 0.1) is 6.92 Å². The van der Waals surface area contributed by atoms with Gasteiger partial charge in [-0.05, 0) is 31.2 Å². The van der Waals surface area contributed by atoms with Crippen LogP contribution in [0.15, 0.2) is 75.0 Å². The number of carbonyl (C=O) groups is 1. The van der Waals surface area contributed by atoms with E-state index in [2.05, 4.69) is 4.99 Å². The van der Waals surface area contributed by atoms with Crippen LogP contribution in [-0.2, 0) is 4.79 Å². The molecule has 1 aliphatic rings. The first-order valence-corrected chi connectivity index (χ1v) is 9.24. The first kappa shape index (κ1) is 16.9. The van der Waals surface area contributed by atoms with Crippen LogP contribution in [0.5, 0.6) is 0 Å². The van der Waals surface area contributed by atoms with Crippen LogP contribution in [0.3, 0.4) is 0 Å². The fraction of sp³-hybridized carbons (Fsp3) is 0.0476. The van der Waals surface area contributed by atoms with Crippen LogP contribution in [0.2, 0.25) is 5.02 Å². The standard InChI is InChI=1S/C21H14ClNO2S/c1-13-6-8-14(9-7-13)21-23-20(24)19(26-21)12-15-10-11-18(25-15)16-4-2-3-5-17(16)22/h2-12H,1H3/b19-12-. The molecule has 0 aliphatic carbocycles. The van der Waals surface area contributed by atoms with Gasteiger partial charge < -0.3 is 4.42 Å². The zero-order valence-electron chi connectivity index (χ0n) is 13.9. The number of furan rings is 1. The highest BCUT2D eigenvalue weighted by Crippen LogP contribution is 2.34. The Balaban J connectivity index is 1.58. The molecule has 128 valence electrons. The van der Waals surface area contributed by atoms with E-state index in [0.717, 1.165) is 11.1 Å². The second kappa shape index (κ2) is 6.98. The number of aliphatic imine (C=N–C) groups is 1. The third-order valence-corrected chi connectivity index (χ3v) is 5.32. The molecule has 0 saturated carbocycles. The van der Waals surface area contributed by atoms with Gasteiger partial charge in [-0.3, -0.25) is 4.79 Å². The average Bonchev–Trinajstić information content (AvgIpc) is 3.24. The number of hydrogen-bond acceptors (Lipinski definition) is 3. The minimum absolute atomic E-state index is 0.249. The number of hydrogen-bond donors (Lipinski definition) is 0. The van der Waals surface area contributed by atoms with E-state index in [9.17, 15) is 4.79 Å². The van der Waals surface area contributed by atoms with E-state index in [4.69, 9.17) is 16.0 Å². The maximum absolute atomic E-state index is 12.2. The molecule has 2 aromatic carbocycles. The summed E-state index contributed by atoms with van der Waals surface area (Å²) in [4.78, 5) is 16.9. The fourth-order valence-electron chi connectivity index (χ4n) is 2.59. The van der Waals surface area contributed by atoms with Crippen LogP contribution in [0.25, 0.3) is 17.4 Å². The van der Waals surface area contributed by atoms with Crippen molar-refractivity contribution < 1.29 is 9.21 Å². The Bertz CT molecular complexity index is 1050. The van der Waals surface area contributed by atoms with E-state index < -0.39 is 0 Å². The third-order valence-electron chi connectivity index (χ3n) is 3.96. The summed E-state index contributed by atoms with van der Waals surface area (Å²) in [5.74, 6) is 1.01. The van der Waals surface area contributed by atoms with Crippen LogP contribution in [0.4, 0.5) is 0 Å². The lowest BCUT2D eigenvalue weighted by Gasteiger charge is -2.00. The number of thioether (sulfide) groups is 1. The smallest absolute Gasteiger partial charge is 0.285 e.